The summed E-state index contributed by atoms with van der Waals surface area (Å²) in [5.74, 6) is -0.442. The minimum absolute atomic E-state index is 0.0339. The number of anilines is 1. The first-order valence-electron chi connectivity index (χ1n) is 5.53. The summed E-state index contributed by atoms with van der Waals surface area (Å²) in [5.41, 5.74) is -0.479. The molecule has 0 bridgehead atoms. The molecule has 1 heterocycles. The quantitative estimate of drug-likeness (QED) is 0.466. The number of ether oxygens (including phenoxy) is 1. The van der Waals surface area contributed by atoms with Gasteiger partial charge in [0.2, 0.25) is 5.82 Å². The maximum Gasteiger partial charge on any atom is 0.328 e. The van der Waals surface area contributed by atoms with Gasteiger partial charge in [-0.15, -0.1) is 0 Å². The molecule has 0 radical (unpaired) electrons. The molecule has 0 aromatic carbocycles. The van der Waals surface area contributed by atoms with E-state index in [1.54, 1.807) is 13.0 Å². The Hall–Kier alpha value is -2.69. The van der Waals surface area contributed by atoms with E-state index in [-0.39, 0.29) is 31.0 Å². The van der Waals surface area contributed by atoms with Crippen LogP contribution in [0.25, 0.3) is 0 Å². The average Bonchev–Trinajstić information content (AvgIpc) is 2.38. The Morgan fingerprint density at radius 2 is 2.42 bits per heavy atom. The number of hydrogen-bond acceptors (Lipinski definition) is 7. The van der Waals surface area contributed by atoms with Gasteiger partial charge in [-0.05, 0) is 13.0 Å². The van der Waals surface area contributed by atoms with E-state index in [2.05, 4.69) is 10.3 Å². The highest BCUT2D eigenvalue weighted by atomic mass is 16.6. The van der Waals surface area contributed by atoms with Gasteiger partial charge in [-0.3, -0.25) is 14.9 Å². The van der Waals surface area contributed by atoms with E-state index in [0.29, 0.717) is 0 Å². The Bertz CT molecular complexity index is 524. The number of hydrogen-bond donors (Lipinski definition) is 1. The van der Waals surface area contributed by atoms with E-state index in [0.717, 1.165) is 0 Å². The third-order valence-electron chi connectivity index (χ3n) is 2.15. The summed E-state index contributed by atoms with van der Waals surface area (Å²) in [7, 11) is 0. The highest BCUT2D eigenvalue weighted by molar-refractivity contribution is 5.70. The Balaban J connectivity index is 2.76. The number of nitrogens with zero attached hydrogens (tertiary/aromatic N) is 3. The average molecular weight is 264 g/mol. The van der Waals surface area contributed by atoms with Crippen LogP contribution in [0.5, 0.6) is 0 Å². The fraction of sp³-hybridized carbons (Fsp3) is 0.364. The van der Waals surface area contributed by atoms with Crippen molar-refractivity contribution in [2.24, 2.45) is 0 Å². The van der Waals surface area contributed by atoms with Crippen molar-refractivity contribution in [1.29, 1.82) is 5.26 Å². The maximum atomic E-state index is 11.1. The van der Waals surface area contributed by atoms with E-state index in [1.807, 2.05) is 0 Å². The van der Waals surface area contributed by atoms with Crippen LogP contribution >= 0.6 is 0 Å². The molecule has 1 aromatic rings. The molecular formula is C11H12N4O4. The Morgan fingerprint density at radius 1 is 1.68 bits per heavy atom. The zero-order valence-electron chi connectivity index (χ0n) is 10.3. The molecule has 1 N–H and O–H groups in total. The van der Waals surface area contributed by atoms with Crippen LogP contribution < -0.4 is 5.32 Å². The third-order valence-corrected chi connectivity index (χ3v) is 2.15. The van der Waals surface area contributed by atoms with Gasteiger partial charge >= 0.3 is 11.7 Å². The summed E-state index contributed by atoms with van der Waals surface area (Å²) >= 11 is 0. The second-order valence-electron chi connectivity index (χ2n) is 3.41. The number of carbonyl (C=O) groups excluding carboxylic acids is 1. The number of nitriles is 1. The van der Waals surface area contributed by atoms with Crippen molar-refractivity contribution in [2.45, 2.75) is 13.3 Å². The number of nitro groups is 1. The molecule has 0 saturated carbocycles. The lowest BCUT2D eigenvalue weighted by molar-refractivity contribution is -0.384. The lowest BCUT2D eigenvalue weighted by Gasteiger charge is -2.06. The minimum atomic E-state index is -0.682. The van der Waals surface area contributed by atoms with Gasteiger partial charge in [0.05, 0.1) is 18.0 Å². The number of nitrogens with one attached hydrogen (secondary N) is 1. The highest BCUT2D eigenvalue weighted by Crippen LogP contribution is 2.25. The summed E-state index contributed by atoms with van der Waals surface area (Å²) in [5, 5.41) is 22.3. The molecule has 1 aromatic heterocycles. The van der Waals surface area contributed by atoms with E-state index in [4.69, 9.17) is 10.00 Å². The molecule has 0 spiro atoms. The summed E-state index contributed by atoms with van der Waals surface area (Å²) in [6.45, 7) is 2.11. The van der Waals surface area contributed by atoms with Gasteiger partial charge in [0.1, 0.15) is 11.6 Å². The molecule has 100 valence electrons. The SMILES string of the molecule is CCOC(=O)CCNc1nccc(C#N)c1[N+](=O)[O-]. The second kappa shape index (κ2) is 6.90. The molecule has 0 fully saturated rings. The minimum Gasteiger partial charge on any atom is -0.466 e. The van der Waals surface area contributed by atoms with E-state index >= 15 is 0 Å². The van der Waals surface area contributed by atoms with Crippen LogP contribution in [0.1, 0.15) is 18.9 Å². The Kier molecular flexibility index (Phi) is 5.22. The van der Waals surface area contributed by atoms with Crippen LogP contribution in [0.3, 0.4) is 0 Å². The van der Waals surface area contributed by atoms with Crippen LogP contribution in [0, 0.1) is 21.4 Å². The van der Waals surface area contributed by atoms with Crippen LogP contribution in [0.2, 0.25) is 0 Å². The van der Waals surface area contributed by atoms with Crippen molar-refractivity contribution in [1.82, 2.24) is 4.98 Å². The lowest BCUT2D eigenvalue weighted by Crippen LogP contribution is -2.13. The molecule has 1 rings (SSSR count). The van der Waals surface area contributed by atoms with Crippen LogP contribution in [0.4, 0.5) is 11.5 Å². The molecule has 0 aliphatic carbocycles. The predicted octanol–water partition coefficient (Wildman–Crippen LogP) is 1.23. The monoisotopic (exact) mass is 264 g/mol. The van der Waals surface area contributed by atoms with Crippen molar-refractivity contribution in [3.05, 3.63) is 27.9 Å². The molecule has 8 nitrogen and oxygen atoms in total. The molecule has 0 saturated heterocycles. The lowest BCUT2D eigenvalue weighted by atomic mass is 10.2. The Morgan fingerprint density at radius 3 is 3.00 bits per heavy atom. The normalized spacial score (nSPS) is 9.47. The number of rotatable bonds is 6. The zero-order valence-corrected chi connectivity index (χ0v) is 10.3. The van der Waals surface area contributed by atoms with Gasteiger partial charge in [-0.25, -0.2) is 4.98 Å². The van der Waals surface area contributed by atoms with Crippen molar-refractivity contribution in [2.75, 3.05) is 18.5 Å². The van der Waals surface area contributed by atoms with Crippen molar-refractivity contribution >= 4 is 17.5 Å². The number of esters is 1. The van der Waals surface area contributed by atoms with Crippen LogP contribution in [0.15, 0.2) is 12.3 Å². The third kappa shape index (κ3) is 3.92. The molecule has 19 heavy (non-hydrogen) atoms. The first-order valence-corrected chi connectivity index (χ1v) is 5.53. The molecule has 0 aliphatic heterocycles. The van der Waals surface area contributed by atoms with E-state index in [1.165, 1.54) is 12.3 Å². The van der Waals surface area contributed by atoms with Crippen LogP contribution in [-0.4, -0.2) is 29.0 Å². The van der Waals surface area contributed by atoms with Gasteiger partial charge in [-0.1, -0.05) is 0 Å². The molecule has 0 aliphatic rings. The summed E-state index contributed by atoms with van der Waals surface area (Å²) in [6, 6.07) is 2.98. The first-order chi connectivity index (χ1) is 9.10. The molecule has 0 unspecified atom stereocenters. The van der Waals surface area contributed by atoms with E-state index in [9.17, 15) is 14.9 Å². The fourth-order valence-corrected chi connectivity index (χ4v) is 1.37. The van der Waals surface area contributed by atoms with Crippen molar-refractivity contribution in [3.8, 4) is 6.07 Å². The molecule has 8 heteroatoms. The van der Waals surface area contributed by atoms with Crippen molar-refractivity contribution in [3.63, 3.8) is 0 Å². The summed E-state index contributed by atoms with van der Waals surface area (Å²) in [6.07, 6.45) is 1.35. The van der Waals surface area contributed by atoms with Gasteiger partial charge in [0, 0.05) is 12.7 Å². The van der Waals surface area contributed by atoms with E-state index < -0.39 is 16.6 Å². The van der Waals surface area contributed by atoms with Gasteiger partial charge in [0.15, 0.2) is 0 Å². The topological polar surface area (TPSA) is 118 Å². The molecule has 0 amide bonds. The van der Waals surface area contributed by atoms with Crippen molar-refractivity contribution < 1.29 is 14.5 Å². The second-order valence-corrected chi connectivity index (χ2v) is 3.41. The maximum absolute atomic E-state index is 11.1. The van der Waals surface area contributed by atoms with Gasteiger partial charge in [-0.2, -0.15) is 5.26 Å². The largest absolute Gasteiger partial charge is 0.466 e. The van der Waals surface area contributed by atoms with Gasteiger partial charge < -0.3 is 10.1 Å². The smallest absolute Gasteiger partial charge is 0.328 e. The first kappa shape index (κ1) is 14.4. The van der Waals surface area contributed by atoms with Crippen LogP contribution in [-0.2, 0) is 9.53 Å². The fourth-order valence-electron chi connectivity index (χ4n) is 1.37. The zero-order chi connectivity index (χ0) is 14.3. The Labute approximate surface area is 109 Å². The standard InChI is InChI=1S/C11H12N4O4/c1-2-19-9(16)4-6-14-11-10(15(17)18)8(7-12)3-5-13-11/h3,5H,2,4,6H2,1H3,(H,13,14). The number of pyridine rings is 1. The summed E-state index contributed by atoms with van der Waals surface area (Å²) < 4.78 is 4.72. The van der Waals surface area contributed by atoms with Gasteiger partial charge in [0.25, 0.3) is 0 Å². The molecule has 0 atom stereocenters. The number of aromatic nitrogens is 1. The predicted molar refractivity (Wildman–Crippen MR) is 65.3 cm³/mol. The number of carbonyl (C=O) groups is 1. The summed E-state index contributed by atoms with van der Waals surface area (Å²) in [4.78, 5) is 25.1. The highest BCUT2D eigenvalue weighted by Gasteiger charge is 2.20. The molecular weight excluding hydrogens is 252 g/mol.